The molecule has 0 spiro atoms. The summed E-state index contributed by atoms with van der Waals surface area (Å²) < 4.78 is 6.77. The predicted molar refractivity (Wildman–Crippen MR) is 106 cm³/mol. The Balaban J connectivity index is 0.00000242. The van der Waals surface area contributed by atoms with E-state index in [1.54, 1.807) is 0 Å². The molecule has 1 aliphatic rings. The third-order valence-corrected chi connectivity index (χ3v) is 4.09. The second-order valence-corrected chi connectivity index (χ2v) is 6.38. The van der Waals surface area contributed by atoms with Crippen LogP contribution in [0.25, 0.3) is 0 Å². The largest absolute Gasteiger partial charge is 0.379 e. The predicted octanol–water partition coefficient (Wildman–Crippen LogP) is 3.50. The first-order chi connectivity index (χ1) is 10.2. The lowest BCUT2D eigenvalue weighted by molar-refractivity contribution is 0.115. The second-order valence-electron chi connectivity index (χ2n) is 5.47. The van der Waals surface area contributed by atoms with E-state index in [-0.39, 0.29) is 24.0 Å². The third kappa shape index (κ3) is 7.28. The lowest BCUT2D eigenvalue weighted by Crippen LogP contribution is -2.40. The van der Waals surface area contributed by atoms with Crippen LogP contribution in [0.1, 0.15) is 18.4 Å². The van der Waals surface area contributed by atoms with Crippen LogP contribution in [-0.4, -0.2) is 44.7 Å². The summed E-state index contributed by atoms with van der Waals surface area (Å²) in [4.78, 5) is 6.42. The molecule has 1 N–H and O–H groups in total. The number of nitrogens with zero attached hydrogens (tertiary/aromatic N) is 2. The zero-order valence-electron chi connectivity index (χ0n) is 13.2. The van der Waals surface area contributed by atoms with Crippen LogP contribution in [0.4, 0.5) is 0 Å². The Morgan fingerprint density at radius 2 is 2.05 bits per heavy atom. The fraction of sp³-hybridized carbons (Fsp3) is 0.562. The molecule has 0 heterocycles. The first-order valence-electron chi connectivity index (χ1n) is 7.43. The number of hydrogen-bond acceptors (Lipinski definition) is 2. The molecule has 0 saturated heterocycles. The van der Waals surface area contributed by atoms with E-state index in [9.17, 15) is 0 Å². The van der Waals surface area contributed by atoms with Crippen molar-refractivity contribution in [1.29, 1.82) is 0 Å². The molecule has 22 heavy (non-hydrogen) atoms. The minimum absolute atomic E-state index is 0. The van der Waals surface area contributed by atoms with Crippen molar-refractivity contribution in [3.8, 4) is 0 Å². The molecule has 6 heteroatoms. The molecule has 0 atom stereocenters. The Morgan fingerprint density at radius 3 is 2.64 bits per heavy atom. The first kappa shape index (κ1) is 19.7. The number of nitrogens with one attached hydrogen (secondary N) is 1. The first-order valence-corrected chi connectivity index (χ1v) is 8.22. The van der Waals surface area contributed by atoms with Gasteiger partial charge in [0.05, 0.1) is 6.61 Å². The van der Waals surface area contributed by atoms with E-state index < -0.39 is 0 Å². The van der Waals surface area contributed by atoms with Crippen LogP contribution in [0.5, 0.6) is 0 Å². The summed E-state index contributed by atoms with van der Waals surface area (Å²) in [7, 11) is 3.85. The number of aliphatic imine (C=N–C) groups is 1. The normalized spacial score (nSPS) is 14.4. The Morgan fingerprint density at radius 1 is 1.36 bits per heavy atom. The third-order valence-electron chi connectivity index (χ3n) is 3.56. The highest BCUT2D eigenvalue weighted by Gasteiger charge is 2.21. The second kappa shape index (κ2) is 10.4. The van der Waals surface area contributed by atoms with Crippen LogP contribution in [-0.2, 0) is 11.3 Å². The van der Waals surface area contributed by atoms with Crippen molar-refractivity contribution in [2.45, 2.75) is 19.4 Å². The fourth-order valence-corrected chi connectivity index (χ4v) is 2.27. The van der Waals surface area contributed by atoms with Crippen LogP contribution in [0.15, 0.2) is 33.7 Å². The van der Waals surface area contributed by atoms with Gasteiger partial charge in [0.15, 0.2) is 5.96 Å². The quantitative estimate of drug-likeness (QED) is 0.280. The summed E-state index contributed by atoms with van der Waals surface area (Å²) in [5.41, 5.74) is 1.23. The SMILES string of the molecule is CN=C(NCc1ccc(Br)cc1)N(C)CCOCC1CC1.I. The zero-order valence-corrected chi connectivity index (χ0v) is 17.1. The van der Waals surface area contributed by atoms with Crippen LogP contribution in [0.3, 0.4) is 0 Å². The molecule has 0 aliphatic heterocycles. The maximum Gasteiger partial charge on any atom is 0.193 e. The van der Waals surface area contributed by atoms with Gasteiger partial charge in [-0.3, -0.25) is 4.99 Å². The van der Waals surface area contributed by atoms with Gasteiger partial charge in [-0.05, 0) is 36.5 Å². The van der Waals surface area contributed by atoms with Gasteiger partial charge in [0, 0.05) is 38.3 Å². The molecule has 1 aromatic carbocycles. The number of likely N-dealkylation sites (N-methyl/N-ethyl adjacent to an activating group) is 1. The molecular formula is C16H25BrIN3O. The minimum Gasteiger partial charge on any atom is -0.379 e. The molecule has 0 radical (unpaired) electrons. The minimum atomic E-state index is 0. The standard InChI is InChI=1S/C16H24BrN3O.HI/c1-18-16(19-11-13-5-7-15(17)8-6-13)20(2)9-10-21-12-14-3-4-14;/h5-8,14H,3-4,9-12H2,1-2H3,(H,18,19);1H. The van der Waals surface area contributed by atoms with Crippen molar-refractivity contribution >= 4 is 45.9 Å². The summed E-state index contributed by atoms with van der Waals surface area (Å²) in [5.74, 6) is 1.72. The van der Waals surface area contributed by atoms with E-state index in [1.807, 2.05) is 14.1 Å². The number of ether oxygens (including phenoxy) is 1. The molecule has 1 aliphatic carbocycles. The Bertz CT molecular complexity index is 463. The summed E-state index contributed by atoms with van der Waals surface area (Å²) >= 11 is 3.45. The maximum absolute atomic E-state index is 5.67. The Labute approximate surface area is 158 Å². The van der Waals surface area contributed by atoms with Gasteiger partial charge in [0.1, 0.15) is 0 Å². The van der Waals surface area contributed by atoms with Gasteiger partial charge in [-0.25, -0.2) is 0 Å². The molecule has 1 aromatic rings. The highest BCUT2D eigenvalue weighted by molar-refractivity contribution is 14.0. The van der Waals surface area contributed by atoms with Gasteiger partial charge in [-0.15, -0.1) is 24.0 Å². The lowest BCUT2D eigenvalue weighted by atomic mass is 10.2. The average Bonchev–Trinajstić information content (AvgIpc) is 3.30. The van der Waals surface area contributed by atoms with Gasteiger partial charge in [-0.2, -0.15) is 0 Å². The van der Waals surface area contributed by atoms with E-state index in [2.05, 4.69) is 55.4 Å². The zero-order chi connectivity index (χ0) is 15.1. The van der Waals surface area contributed by atoms with Gasteiger partial charge >= 0.3 is 0 Å². The van der Waals surface area contributed by atoms with E-state index in [1.165, 1.54) is 18.4 Å². The van der Waals surface area contributed by atoms with Crippen LogP contribution < -0.4 is 5.32 Å². The molecule has 0 aromatic heterocycles. The van der Waals surface area contributed by atoms with E-state index in [4.69, 9.17) is 4.74 Å². The summed E-state index contributed by atoms with van der Waals surface area (Å²) in [6, 6.07) is 8.30. The van der Waals surface area contributed by atoms with E-state index >= 15 is 0 Å². The Hall–Kier alpha value is -0.340. The van der Waals surface area contributed by atoms with Gasteiger partial charge in [0.2, 0.25) is 0 Å². The highest BCUT2D eigenvalue weighted by Crippen LogP contribution is 2.28. The summed E-state index contributed by atoms with van der Waals surface area (Å²) in [5, 5.41) is 3.37. The van der Waals surface area contributed by atoms with Crippen molar-refractivity contribution in [2.75, 3.05) is 33.9 Å². The monoisotopic (exact) mass is 481 g/mol. The topological polar surface area (TPSA) is 36.9 Å². The maximum atomic E-state index is 5.67. The number of benzene rings is 1. The molecule has 4 nitrogen and oxygen atoms in total. The van der Waals surface area contributed by atoms with Gasteiger partial charge in [-0.1, -0.05) is 28.1 Å². The number of rotatable bonds is 7. The molecule has 124 valence electrons. The van der Waals surface area contributed by atoms with Gasteiger partial charge < -0.3 is 15.0 Å². The van der Waals surface area contributed by atoms with Crippen LogP contribution in [0, 0.1) is 5.92 Å². The molecule has 0 amide bonds. The lowest BCUT2D eigenvalue weighted by Gasteiger charge is -2.22. The van der Waals surface area contributed by atoms with Crippen molar-refractivity contribution in [2.24, 2.45) is 10.9 Å². The van der Waals surface area contributed by atoms with Crippen molar-refractivity contribution in [3.05, 3.63) is 34.3 Å². The summed E-state index contributed by atoms with van der Waals surface area (Å²) in [6.45, 7) is 3.30. The molecular weight excluding hydrogens is 457 g/mol. The molecule has 1 saturated carbocycles. The van der Waals surface area contributed by atoms with Crippen molar-refractivity contribution < 1.29 is 4.74 Å². The van der Waals surface area contributed by atoms with Crippen molar-refractivity contribution in [1.82, 2.24) is 10.2 Å². The van der Waals surface area contributed by atoms with Crippen LogP contribution in [0.2, 0.25) is 0 Å². The fourth-order valence-electron chi connectivity index (χ4n) is 2.01. The van der Waals surface area contributed by atoms with E-state index in [0.29, 0.717) is 0 Å². The number of guanidine groups is 1. The molecule has 1 fully saturated rings. The Kier molecular flexibility index (Phi) is 9.35. The average molecular weight is 482 g/mol. The van der Waals surface area contributed by atoms with Crippen molar-refractivity contribution in [3.63, 3.8) is 0 Å². The summed E-state index contributed by atoms with van der Waals surface area (Å²) in [6.07, 6.45) is 2.68. The molecule has 0 bridgehead atoms. The van der Waals surface area contributed by atoms with E-state index in [0.717, 1.165) is 42.7 Å². The number of hydrogen-bond donors (Lipinski definition) is 1. The number of halogens is 2. The smallest absolute Gasteiger partial charge is 0.193 e. The molecule has 0 unspecified atom stereocenters. The molecule has 2 rings (SSSR count). The van der Waals surface area contributed by atoms with Crippen LogP contribution >= 0.6 is 39.9 Å². The van der Waals surface area contributed by atoms with Gasteiger partial charge in [0.25, 0.3) is 0 Å². The highest BCUT2D eigenvalue weighted by atomic mass is 127.